The van der Waals surface area contributed by atoms with Gasteiger partial charge in [-0.05, 0) is 86.1 Å². The molecule has 4 rings (SSSR count). The maximum atomic E-state index is 13.7. The van der Waals surface area contributed by atoms with Gasteiger partial charge in [-0.2, -0.15) is 5.26 Å². The van der Waals surface area contributed by atoms with Crippen LogP contribution in [0.2, 0.25) is 0 Å². The molecule has 1 aliphatic rings. The Labute approximate surface area is 177 Å². The van der Waals surface area contributed by atoms with E-state index >= 15 is 0 Å². The first-order valence-electron chi connectivity index (χ1n) is 10.6. The molecule has 3 nitrogen and oxygen atoms in total. The second-order valence-corrected chi connectivity index (χ2v) is 8.20. The minimum absolute atomic E-state index is 0.222. The van der Waals surface area contributed by atoms with E-state index in [-0.39, 0.29) is 17.3 Å². The Bertz CT molecular complexity index is 1060. The number of hydrogen-bond acceptors (Lipinski definition) is 3. The highest BCUT2D eigenvalue weighted by Gasteiger charge is 2.44. The average Bonchev–Trinajstić information content (AvgIpc) is 2.78. The molecule has 0 spiro atoms. The molecule has 4 heteroatoms. The molecule has 1 atom stereocenters. The van der Waals surface area contributed by atoms with Gasteiger partial charge in [-0.15, -0.1) is 0 Å². The Morgan fingerprint density at radius 2 is 1.80 bits per heavy atom. The summed E-state index contributed by atoms with van der Waals surface area (Å²) >= 11 is 0. The summed E-state index contributed by atoms with van der Waals surface area (Å²) in [5.41, 5.74) is 2.49. The number of ether oxygens (including phenoxy) is 1. The van der Waals surface area contributed by atoms with E-state index in [9.17, 15) is 9.65 Å². The molecule has 3 aromatic carbocycles. The zero-order valence-electron chi connectivity index (χ0n) is 17.6. The highest BCUT2D eigenvalue weighted by atomic mass is 19.1. The van der Waals surface area contributed by atoms with Gasteiger partial charge in [-0.25, -0.2) is 4.39 Å². The third kappa shape index (κ3) is 3.71. The number of likely N-dealkylation sites (tertiary alicyclic amines) is 1. The molecule has 3 aromatic rings. The van der Waals surface area contributed by atoms with Crippen LogP contribution in [0.4, 0.5) is 4.39 Å². The van der Waals surface area contributed by atoms with E-state index in [1.807, 2.05) is 49.4 Å². The van der Waals surface area contributed by atoms with Gasteiger partial charge in [0.1, 0.15) is 5.82 Å². The lowest BCUT2D eigenvalue weighted by atomic mass is 9.66. The Morgan fingerprint density at radius 1 is 1.10 bits per heavy atom. The number of hydrogen-bond donors (Lipinski definition) is 0. The third-order valence-electron chi connectivity index (χ3n) is 6.44. The molecule has 0 N–H and O–H groups in total. The van der Waals surface area contributed by atoms with Crippen LogP contribution >= 0.6 is 0 Å². The lowest BCUT2D eigenvalue weighted by Gasteiger charge is -2.46. The largest absolute Gasteiger partial charge is 0.373 e. The van der Waals surface area contributed by atoms with Crippen molar-refractivity contribution in [2.24, 2.45) is 0 Å². The standard InChI is InChI=1S/C26H27FN2O/c1-3-30-25(24-17-19(18-28)16-20-6-4-5-7-23(20)24)26(12-14-29(2)15-13-26)21-8-10-22(27)11-9-21/h4-11,16-17,25H,3,12-15H2,1-2H3. The van der Waals surface area contributed by atoms with Crippen LogP contribution in [-0.2, 0) is 10.2 Å². The Balaban J connectivity index is 1.95. The molecule has 0 aliphatic carbocycles. The summed E-state index contributed by atoms with van der Waals surface area (Å²) in [5, 5.41) is 11.8. The van der Waals surface area contributed by atoms with E-state index in [2.05, 4.69) is 24.1 Å². The van der Waals surface area contributed by atoms with Crippen LogP contribution < -0.4 is 0 Å². The fraction of sp³-hybridized carbons (Fsp3) is 0.346. The fourth-order valence-electron chi connectivity index (χ4n) is 4.84. The molecule has 0 aromatic heterocycles. The summed E-state index contributed by atoms with van der Waals surface area (Å²) in [7, 11) is 2.13. The van der Waals surface area contributed by atoms with Crippen molar-refractivity contribution >= 4 is 10.8 Å². The predicted molar refractivity (Wildman–Crippen MR) is 118 cm³/mol. The van der Waals surface area contributed by atoms with Crippen LogP contribution in [0.1, 0.15) is 42.6 Å². The SMILES string of the molecule is CCOC(c1cc(C#N)cc2ccccc12)C1(c2ccc(F)cc2)CCN(C)CC1. The number of nitrogens with zero attached hydrogens (tertiary/aromatic N) is 2. The second-order valence-electron chi connectivity index (χ2n) is 8.20. The van der Waals surface area contributed by atoms with Crippen LogP contribution in [0.25, 0.3) is 10.8 Å². The van der Waals surface area contributed by atoms with E-state index in [0.29, 0.717) is 12.2 Å². The van der Waals surface area contributed by atoms with Gasteiger partial charge in [0.05, 0.1) is 17.7 Å². The predicted octanol–water partition coefficient (Wildman–Crippen LogP) is 5.59. The van der Waals surface area contributed by atoms with Gasteiger partial charge in [0.15, 0.2) is 0 Å². The Morgan fingerprint density at radius 3 is 2.47 bits per heavy atom. The average molecular weight is 403 g/mol. The summed E-state index contributed by atoms with van der Waals surface area (Å²) in [4.78, 5) is 2.33. The minimum Gasteiger partial charge on any atom is -0.373 e. The highest BCUT2D eigenvalue weighted by Crippen LogP contribution is 2.49. The molecule has 1 fully saturated rings. The van der Waals surface area contributed by atoms with E-state index in [4.69, 9.17) is 4.74 Å². The molecular formula is C26H27FN2O. The smallest absolute Gasteiger partial charge is 0.123 e. The van der Waals surface area contributed by atoms with Crippen molar-refractivity contribution in [1.29, 1.82) is 5.26 Å². The fourth-order valence-corrected chi connectivity index (χ4v) is 4.84. The number of piperidine rings is 1. The maximum absolute atomic E-state index is 13.7. The molecular weight excluding hydrogens is 375 g/mol. The molecule has 0 amide bonds. The summed E-state index contributed by atoms with van der Waals surface area (Å²) in [6.07, 6.45) is 1.59. The molecule has 0 bridgehead atoms. The zero-order valence-corrected chi connectivity index (χ0v) is 17.6. The van der Waals surface area contributed by atoms with Crippen LogP contribution in [0.5, 0.6) is 0 Å². The van der Waals surface area contributed by atoms with E-state index in [0.717, 1.165) is 47.8 Å². The molecule has 1 unspecified atom stereocenters. The van der Waals surface area contributed by atoms with Crippen LogP contribution in [0, 0.1) is 17.1 Å². The van der Waals surface area contributed by atoms with E-state index in [1.165, 1.54) is 0 Å². The highest BCUT2D eigenvalue weighted by molar-refractivity contribution is 5.87. The zero-order chi connectivity index (χ0) is 21.1. The number of rotatable bonds is 5. The lowest BCUT2D eigenvalue weighted by molar-refractivity contribution is -0.0236. The molecule has 1 saturated heterocycles. The van der Waals surface area contributed by atoms with Crippen molar-refractivity contribution in [3.8, 4) is 6.07 Å². The van der Waals surface area contributed by atoms with Gasteiger partial charge in [0.2, 0.25) is 0 Å². The first-order chi connectivity index (χ1) is 14.6. The Kier molecular flexibility index (Phi) is 5.85. The second kappa shape index (κ2) is 8.55. The first-order valence-corrected chi connectivity index (χ1v) is 10.6. The van der Waals surface area contributed by atoms with Crippen molar-refractivity contribution in [3.05, 3.63) is 83.2 Å². The quantitative estimate of drug-likeness (QED) is 0.558. The van der Waals surface area contributed by atoms with Gasteiger partial charge in [-0.3, -0.25) is 0 Å². The van der Waals surface area contributed by atoms with E-state index in [1.54, 1.807) is 12.1 Å². The maximum Gasteiger partial charge on any atom is 0.123 e. The summed E-state index contributed by atoms with van der Waals surface area (Å²) < 4.78 is 20.2. The molecule has 1 heterocycles. The van der Waals surface area contributed by atoms with Crippen molar-refractivity contribution in [3.63, 3.8) is 0 Å². The van der Waals surface area contributed by atoms with Crippen molar-refractivity contribution in [2.75, 3.05) is 26.7 Å². The first kappa shape index (κ1) is 20.5. The molecule has 1 aliphatic heterocycles. The summed E-state index contributed by atoms with van der Waals surface area (Å²) in [6.45, 7) is 4.46. The minimum atomic E-state index is -0.285. The van der Waals surface area contributed by atoms with Gasteiger partial charge in [0, 0.05) is 12.0 Å². The van der Waals surface area contributed by atoms with Crippen molar-refractivity contribution in [2.45, 2.75) is 31.3 Å². The number of benzene rings is 3. The number of fused-ring (bicyclic) bond motifs is 1. The van der Waals surface area contributed by atoms with Crippen LogP contribution in [-0.4, -0.2) is 31.6 Å². The van der Waals surface area contributed by atoms with Crippen molar-refractivity contribution in [1.82, 2.24) is 4.90 Å². The van der Waals surface area contributed by atoms with Gasteiger partial charge >= 0.3 is 0 Å². The number of halogens is 1. The van der Waals surface area contributed by atoms with Crippen molar-refractivity contribution < 1.29 is 9.13 Å². The summed E-state index contributed by atoms with van der Waals surface area (Å²) in [5.74, 6) is -0.230. The third-order valence-corrected chi connectivity index (χ3v) is 6.44. The summed E-state index contributed by atoms with van der Waals surface area (Å²) in [6, 6.07) is 21.3. The van der Waals surface area contributed by atoms with Gasteiger partial charge in [0.25, 0.3) is 0 Å². The van der Waals surface area contributed by atoms with E-state index < -0.39 is 0 Å². The van der Waals surface area contributed by atoms with Gasteiger partial charge in [-0.1, -0.05) is 36.4 Å². The molecule has 0 radical (unpaired) electrons. The topological polar surface area (TPSA) is 36.3 Å². The van der Waals surface area contributed by atoms with Crippen LogP contribution in [0.15, 0.2) is 60.7 Å². The lowest BCUT2D eigenvalue weighted by Crippen LogP contribution is -2.45. The normalized spacial score (nSPS) is 17.5. The Hall–Kier alpha value is -2.74. The molecule has 30 heavy (non-hydrogen) atoms. The number of nitriles is 1. The van der Waals surface area contributed by atoms with Gasteiger partial charge < -0.3 is 9.64 Å². The molecule has 0 saturated carbocycles. The monoisotopic (exact) mass is 402 g/mol. The molecule has 154 valence electrons. The van der Waals surface area contributed by atoms with Crippen LogP contribution in [0.3, 0.4) is 0 Å².